The first-order valence-corrected chi connectivity index (χ1v) is 9.10. The lowest BCUT2D eigenvalue weighted by Crippen LogP contribution is -2.24. The number of anilines is 2. The van der Waals surface area contributed by atoms with Gasteiger partial charge in [0.05, 0.1) is 12.8 Å². The van der Waals surface area contributed by atoms with Gasteiger partial charge in [0.2, 0.25) is 0 Å². The molecule has 0 saturated carbocycles. The summed E-state index contributed by atoms with van der Waals surface area (Å²) >= 11 is 1.59. The van der Waals surface area contributed by atoms with Gasteiger partial charge in [-0.1, -0.05) is 18.2 Å². The zero-order chi connectivity index (χ0) is 17.4. The molecule has 1 aliphatic rings. The molecule has 1 N–H and O–H groups in total. The number of methoxy groups -OCH3 is 1. The van der Waals surface area contributed by atoms with Crippen LogP contribution in [0.15, 0.2) is 47.8 Å². The lowest BCUT2D eigenvalue weighted by Gasteiger charge is -2.17. The van der Waals surface area contributed by atoms with E-state index in [0.29, 0.717) is 0 Å². The average Bonchev–Trinajstić information content (AvgIpc) is 3.17. The molecule has 0 radical (unpaired) electrons. The van der Waals surface area contributed by atoms with Crippen molar-refractivity contribution in [2.24, 2.45) is 0 Å². The van der Waals surface area contributed by atoms with Gasteiger partial charge >= 0.3 is 0 Å². The van der Waals surface area contributed by atoms with Crippen LogP contribution in [0.4, 0.5) is 10.8 Å². The quantitative estimate of drug-likeness (QED) is 0.560. The van der Waals surface area contributed by atoms with Gasteiger partial charge in [-0.2, -0.15) is 0 Å². The second-order valence-electron chi connectivity index (χ2n) is 6.73. The van der Waals surface area contributed by atoms with Crippen molar-refractivity contribution in [1.82, 2.24) is 4.98 Å². The van der Waals surface area contributed by atoms with E-state index in [1.807, 2.05) is 36.4 Å². The van der Waals surface area contributed by atoms with E-state index in [4.69, 9.17) is 14.5 Å². The molecule has 3 aromatic rings. The SMILES string of the molecule is Br.COc1cc(-c2csc(Nc3ccccc3)n2)cc2c1OC(C)(C)C2. The molecule has 0 bridgehead atoms. The highest BCUT2D eigenvalue weighted by Gasteiger charge is 2.33. The summed E-state index contributed by atoms with van der Waals surface area (Å²) in [5.41, 5.74) is 3.99. The molecule has 0 aliphatic carbocycles. The molecule has 1 aliphatic heterocycles. The lowest BCUT2D eigenvalue weighted by molar-refractivity contribution is 0.134. The summed E-state index contributed by atoms with van der Waals surface area (Å²) in [6.07, 6.45) is 0.867. The molecule has 2 aromatic carbocycles. The lowest BCUT2D eigenvalue weighted by atomic mass is 9.99. The van der Waals surface area contributed by atoms with Crippen LogP contribution in [0, 0.1) is 0 Å². The minimum Gasteiger partial charge on any atom is -0.493 e. The van der Waals surface area contributed by atoms with Crippen molar-refractivity contribution in [2.75, 3.05) is 12.4 Å². The molecular formula is C20H21BrN2O2S. The molecule has 0 amide bonds. The number of rotatable bonds is 4. The predicted molar refractivity (Wildman–Crippen MR) is 113 cm³/mol. The number of fused-ring (bicyclic) bond motifs is 1. The zero-order valence-corrected chi connectivity index (χ0v) is 17.4. The second-order valence-corrected chi connectivity index (χ2v) is 7.59. The van der Waals surface area contributed by atoms with Crippen LogP contribution in [0.2, 0.25) is 0 Å². The summed E-state index contributed by atoms with van der Waals surface area (Å²) in [4.78, 5) is 4.72. The van der Waals surface area contributed by atoms with Crippen LogP contribution in [0.5, 0.6) is 11.5 Å². The van der Waals surface area contributed by atoms with Crippen LogP contribution in [-0.4, -0.2) is 17.7 Å². The summed E-state index contributed by atoms with van der Waals surface area (Å²) < 4.78 is 11.6. The largest absolute Gasteiger partial charge is 0.493 e. The maximum absolute atomic E-state index is 6.04. The van der Waals surface area contributed by atoms with Gasteiger partial charge in [-0.25, -0.2) is 4.98 Å². The Labute approximate surface area is 168 Å². The van der Waals surface area contributed by atoms with Crippen LogP contribution < -0.4 is 14.8 Å². The standard InChI is InChI=1S/C20H20N2O2S.BrH/c1-20(2)11-14-9-13(10-17(23-3)18(14)24-20)16-12-25-19(22-16)21-15-7-5-4-6-8-15;/h4-10,12H,11H2,1-3H3,(H,21,22);1H. The Morgan fingerprint density at radius 3 is 2.69 bits per heavy atom. The van der Waals surface area contributed by atoms with Gasteiger partial charge in [-0.3, -0.25) is 0 Å². The summed E-state index contributed by atoms with van der Waals surface area (Å²) in [6.45, 7) is 4.19. The van der Waals surface area contributed by atoms with E-state index in [9.17, 15) is 0 Å². The normalized spacial score (nSPS) is 14.1. The Hall–Kier alpha value is -2.05. The maximum Gasteiger partial charge on any atom is 0.187 e. The minimum atomic E-state index is -0.198. The first-order valence-electron chi connectivity index (χ1n) is 8.22. The smallest absolute Gasteiger partial charge is 0.187 e. The van der Waals surface area contributed by atoms with Crippen LogP contribution in [0.1, 0.15) is 19.4 Å². The van der Waals surface area contributed by atoms with Gasteiger partial charge in [0.1, 0.15) is 5.60 Å². The number of para-hydroxylation sites is 1. The number of benzene rings is 2. The third kappa shape index (κ3) is 3.71. The van der Waals surface area contributed by atoms with Gasteiger partial charge in [0.15, 0.2) is 16.6 Å². The second kappa shape index (κ2) is 7.29. The van der Waals surface area contributed by atoms with Crippen molar-refractivity contribution < 1.29 is 9.47 Å². The van der Waals surface area contributed by atoms with E-state index in [1.54, 1.807) is 18.4 Å². The van der Waals surface area contributed by atoms with Gasteiger partial charge in [0.25, 0.3) is 0 Å². The molecule has 4 rings (SSSR count). The molecule has 0 unspecified atom stereocenters. The fraction of sp³-hybridized carbons (Fsp3) is 0.250. The van der Waals surface area contributed by atoms with Crippen molar-refractivity contribution in [3.8, 4) is 22.8 Å². The van der Waals surface area contributed by atoms with Gasteiger partial charge in [0, 0.05) is 28.6 Å². The molecule has 4 nitrogen and oxygen atoms in total. The number of thiazole rings is 1. The summed E-state index contributed by atoms with van der Waals surface area (Å²) in [6, 6.07) is 14.2. The number of nitrogens with one attached hydrogen (secondary N) is 1. The summed E-state index contributed by atoms with van der Waals surface area (Å²) in [5.74, 6) is 1.62. The topological polar surface area (TPSA) is 43.4 Å². The van der Waals surface area contributed by atoms with Crippen LogP contribution in [0.25, 0.3) is 11.3 Å². The number of hydrogen-bond donors (Lipinski definition) is 1. The van der Waals surface area contributed by atoms with Crippen molar-refractivity contribution in [3.05, 3.63) is 53.4 Å². The highest BCUT2D eigenvalue weighted by molar-refractivity contribution is 8.93. The fourth-order valence-corrected chi connectivity index (χ4v) is 3.83. The highest BCUT2D eigenvalue weighted by Crippen LogP contribution is 2.44. The Bertz CT molecular complexity index is 909. The Morgan fingerprint density at radius 1 is 1.19 bits per heavy atom. The van der Waals surface area contributed by atoms with Crippen molar-refractivity contribution in [3.63, 3.8) is 0 Å². The molecule has 0 saturated heterocycles. The molecule has 0 atom stereocenters. The van der Waals surface area contributed by atoms with E-state index in [1.165, 1.54) is 5.56 Å². The number of hydrogen-bond acceptors (Lipinski definition) is 5. The van der Waals surface area contributed by atoms with Gasteiger partial charge in [-0.05, 0) is 38.1 Å². The molecule has 2 heterocycles. The van der Waals surface area contributed by atoms with E-state index in [2.05, 4.69) is 30.6 Å². The molecule has 0 fully saturated rings. The van der Waals surface area contributed by atoms with Gasteiger partial charge in [-0.15, -0.1) is 28.3 Å². The number of halogens is 1. The van der Waals surface area contributed by atoms with E-state index < -0.39 is 0 Å². The van der Waals surface area contributed by atoms with Crippen molar-refractivity contribution in [1.29, 1.82) is 0 Å². The maximum atomic E-state index is 6.04. The molecule has 6 heteroatoms. The average molecular weight is 433 g/mol. The van der Waals surface area contributed by atoms with E-state index in [0.717, 1.165) is 40.0 Å². The third-order valence-corrected chi connectivity index (χ3v) is 4.93. The highest BCUT2D eigenvalue weighted by atomic mass is 79.9. The molecular weight excluding hydrogens is 412 g/mol. The van der Waals surface area contributed by atoms with Crippen LogP contribution in [-0.2, 0) is 6.42 Å². The molecule has 1 aromatic heterocycles. The summed E-state index contributed by atoms with van der Waals surface area (Å²) in [5, 5.41) is 6.27. The molecule has 136 valence electrons. The van der Waals surface area contributed by atoms with Crippen LogP contribution >= 0.6 is 28.3 Å². The molecule has 26 heavy (non-hydrogen) atoms. The fourth-order valence-electron chi connectivity index (χ4n) is 3.09. The van der Waals surface area contributed by atoms with Crippen molar-refractivity contribution >= 4 is 39.1 Å². The Balaban J connectivity index is 0.00000196. The monoisotopic (exact) mass is 432 g/mol. The number of ether oxygens (including phenoxy) is 2. The Morgan fingerprint density at radius 2 is 1.96 bits per heavy atom. The zero-order valence-electron chi connectivity index (χ0n) is 14.9. The first kappa shape index (κ1) is 18.7. The summed E-state index contributed by atoms with van der Waals surface area (Å²) in [7, 11) is 1.68. The Kier molecular flexibility index (Phi) is 5.25. The number of aromatic nitrogens is 1. The minimum absolute atomic E-state index is 0. The van der Waals surface area contributed by atoms with E-state index >= 15 is 0 Å². The van der Waals surface area contributed by atoms with E-state index in [-0.39, 0.29) is 22.6 Å². The predicted octanol–water partition coefficient (Wildman–Crippen LogP) is 5.85. The third-order valence-electron chi connectivity index (χ3n) is 4.17. The first-order chi connectivity index (χ1) is 12.0. The number of nitrogens with zero attached hydrogens (tertiary/aromatic N) is 1. The van der Waals surface area contributed by atoms with Gasteiger partial charge < -0.3 is 14.8 Å². The molecule has 0 spiro atoms. The van der Waals surface area contributed by atoms with Crippen LogP contribution in [0.3, 0.4) is 0 Å². The van der Waals surface area contributed by atoms with Crippen molar-refractivity contribution in [2.45, 2.75) is 25.9 Å².